The summed E-state index contributed by atoms with van der Waals surface area (Å²) in [6.45, 7) is 2.54. The first-order valence-corrected chi connectivity index (χ1v) is 10.1. The molecule has 1 amide bonds. The highest BCUT2D eigenvalue weighted by Crippen LogP contribution is 2.31. The van der Waals surface area contributed by atoms with Gasteiger partial charge in [-0.05, 0) is 49.6 Å². The van der Waals surface area contributed by atoms with E-state index in [0.717, 1.165) is 18.4 Å². The third-order valence-electron chi connectivity index (χ3n) is 4.48. The van der Waals surface area contributed by atoms with Gasteiger partial charge in [0.15, 0.2) is 0 Å². The number of anilines is 1. The SMILES string of the molecule is C[C@@H](CN)NC(=O)c1cccc(S(=O)(=O)N2CCCc3ccccc32)c1.Cl. The molecule has 1 heterocycles. The first kappa shape index (κ1) is 21.2. The number of carbonyl (C=O) groups is 1. The van der Waals surface area contributed by atoms with Crippen LogP contribution in [0.15, 0.2) is 53.4 Å². The Morgan fingerprint density at radius 3 is 2.70 bits per heavy atom. The lowest BCUT2D eigenvalue weighted by atomic mass is 10.0. The van der Waals surface area contributed by atoms with Crippen molar-refractivity contribution in [1.82, 2.24) is 5.32 Å². The normalized spacial score (nSPS) is 14.7. The van der Waals surface area contributed by atoms with Gasteiger partial charge in [0, 0.05) is 24.7 Å². The largest absolute Gasteiger partial charge is 0.348 e. The van der Waals surface area contributed by atoms with Crippen molar-refractivity contribution in [3.63, 3.8) is 0 Å². The Morgan fingerprint density at radius 1 is 1.22 bits per heavy atom. The summed E-state index contributed by atoms with van der Waals surface area (Å²) in [6.07, 6.45) is 1.63. The second-order valence-corrected chi connectivity index (χ2v) is 8.31. The van der Waals surface area contributed by atoms with Crippen molar-refractivity contribution in [3.05, 3.63) is 59.7 Å². The predicted octanol–water partition coefficient (Wildman–Crippen LogP) is 2.33. The number of nitrogens with one attached hydrogen (secondary N) is 1. The average Bonchev–Trinajstić information content (AvgIpc) is 2.67. The molecule has 0 radical (unpaired) electrons. The number of carbonyl (C=O) groups excluding carboxylic acids is 1. The van der Waals surface area contributed by atoms with Crippen LogP contribution in [0.4, 0.5) is 5.69 Å². The zero-order valence-electron chi connectivity index (χ0n) is 15.1. The van der Waals surface area contributed by atoms with Crippen LogP contribution in [0.25, 0.3) is 0 Å². The van der Waals surface area contributed by atoms with E-state index in [2.05, 4.69) is 5.32 Å². The van der Waals surface area contributed by atoms with Gasteiger partial charge in [0.05, 0.1) is 10.6 Å². The average molecular weight is 410 g/mol. The number of amides is 1. The summed E-state index contributed by atoms with van der Waals surface area (Å²) in [5.41, 5.74) is 7.56. The number of hydrogen-bond acceptors (Lipinski definition) is 4. The molecule has 2 aromatic carbocycles. The quantitative estimate of drug-likeness (QED) is 0.792. The second-order valence-electron chi connectivity index (χ2n) is 6.45. The Balaban J connectivity index is 0.00000261. The van der Waals surface area contributed by atoms with E-state index in [4.69, 9.17) is 5.73 Å². The van der Waals surface area contributed by atoms with Gasteiger partial charge in [0.2, 0.25) is 0 Å². The van der Waals surface area contributed by atoms with Crippen molar-refractivity contribution in [3.8, 4) is 0 Å². The molecule has 3 rings (SSSR count). The van der Waals surface area contributed by atoms with Crippen LogP contribution in [0.2, 0.25) is 0 Å². The van der Waals surface area contributed by atoms with Crippen LogP contribution in [-0.2, 0) is 16.4 Å². The first-order chi connectivity index (χ1) is 12.4. The first-order valence-electron chi connectivity index (χ1n) is 8.65. The van der Waals surface area contributed by atoms with E-state index < -0.39 is 10.0 Å². The third kappa shape index (κ3) is 4.43. The molecule has 1 aliphatic rings. The number of nitrogens with zero attached hydrogens (tertiary/aromatic N) is 1. The summed E-state index contributed by atoms with van der Waals surface area (Å²) < 4.78 is 27.8. The smallest absolute Gasteiger partial charge is 0.264 e. The fraction of sp³-hybridized carbons (Fsp3) is 0.316. The number of sulfonamides is 1. The van der Waals surface area contributed by atoms with Gasteiger partial charge in [-0.1, -0.05) is 24.3 Å². The maximum absolute atomic E-state index is 13.2. The highest BCUT2D eigenvalue weighted by molar-refractivity contribution is 7.92. The lowest BCUT2D eigenvalue weighted by Crippen LogP contribution is -2.38. The van der Waals surface area contributed by atoms with E-state index in [-0.39, 0.29) is 29.3 Å². The van der Waals surface area contributed by atoms with Crippen LogP contribution in [-0.4, -0.2) is 33.5 Å². The molecular formula is C19H24ClN3O3S. The summed E-state index contributed by atoms with van der Waals surface area (Å²) in [5, 5.41) is 2.75. The van der Waals surface area contributed by atoms with Gasteiger partial charge in [-0.2, -0.15) is 0 Å². The molecular weight excluding hydrogens is 386 g/mol. The van der Waals surface area contributed by atoms with Crippen LogP contribution in [0.5, 0.6) is 0 Å². The maximum Gasteiger partial charge on any atom is 0.264 e. The van der Waals surface area contributed by atoms with Crippen LogP contribution in [0.3, 0.4) is 0 Å². The van der Waals surface area contributed by atoms with Crippen molar-refractivity contribution >= 4 is 34.0 Å². The van der Waals surface area contributed by atoms with E-state index in [0.29, 0.717) is 24.3 Å². The molecule has 0 saturated heterocycles. The molecule has 1 atom stereocenters. The lowest BCUT2D eigenvalue weighted by molar-refractivity contribution is 0.0941. The molecule has 0 unspecified atom stereocenters. The van der Waals surface area contributed by atoms with Crippen LogP contribution in [0.1, 0.15) is 29.3 Å². The maximum atomic E-state index is 13.2. The highest BCUT2D eigenvalue weighted by atomic mass is 35.5. The number of rotatable bonds is 5. The van der Waals surface area contributed by atoms with E-state index in [1.165, 1.54) is 16.4 Å². The molecule has 0 saturated carbocycles. The zero-order chi connectivity index (χ0) is 18.7. The third-order valence-corrected chi connectivity index (χ3v) is 6.29. The Morgan fingerprint density at radius 2 is 1.96 bits per heavy atom. The molecule has 8 heteroatoms. The number of halogens is 1. The minimum Gasteiger partial charge on any atom is -0.348 e. The number of fused-ring (bicyclic) bond motifs is 1. The summed E-state index contributed by atoms with van der Waals surface area (Å²) in [5.74, 6) is -0.334. The van der Waals surface area contributed by atoms with Gasteiger partial charge in [-0.25, -0.2) is 8.42 Å². The number of nitrogens with two attached hydrogens (primary N) is 1. The Kier molecular flexibility index (Phi) is 6.86. The van der Waals surface area contributed by atoms with Gasteiger partial charge >= 0.3 is 0 Å². The minimum absolute atomic E-state index is 0. The van der Waals surface area contributed by atoms with E-state index in [9.17, 15) is 13.2 Å². The zero-order valence-corrected chi connectivity index (χ0v) is 16.7. The Hall–Kier alpha value is -2.09. The van der Waals surface area contributed by atoms with Crippen LogP contribution >= 0.6 is 12.4 Å². The molecule has 1 aliphatic heterocycles. The molecule has 0 aromatic heterocycles. The van der Waals surface area contributed by atoms with Crippen molar-refractivity contribution in [2.24, 2.45) is 5.73 Å². The Labute approximate surface area is 166 Å². The van der Waals surface area contributed by atoms with E-state index >= 15 is 0 Å². The molecule has 27 heavy (non-hydrogen) atoms. The van der Waals surface area contributed by atoms with Gasteiger partial charge in [0.1, 0.15) is 0 Å². The monoisotopic (exact) mass is 409 g/mol. The number of aryl methyl sites for hydroxylation is 1. The molecule has 0 fully saturated rings. The molecule has 146 valence electrons. The van der Waals surface area contributed by atoms with E-state index in [1.807, 2.05) is 24.3 Å². The highest BCUT2D eigenvalue weighted by Gasteiger charge is 2.29. The van der Waals surface area contributed by atoms with Crippen molar-refractivity contribution in [2.75, 3.05) is 17.4 Å². The van der Waals surface area contributed by atoms with Crippen molar-refractivity contribution < 1.29 is 13.2 Å². The standard InChI is InChI=1S/C19H23N3O3S.ClH/c1-14(13-20)21-19(23)16-7-4-9-17(12-16)26(24,25)22-11-5-8-15-6-2-3-10-18(15)22;/h2-4,6-7,9-10,12,14H,5,8,11,13,20H2,1H3,(H,21,23);1H/t14-;/m0./s1. The molecule has 0 bridgehead atoms. The number of para-hydroxylation sites is 1. The van der Waals surface area contributed by atoms with Crippen LogP contribution < -0.4 is 15.4 Å². The Bertz CT molecular complexity index is 918. The lowest BCUT2D eigenvalue weighted by Gasteiger charge is -2.30. The predicted molar refractivity (Wildman–Crippen MR) is 109 cm³/mol. The summed E-state index contributed by atoms with van der Waals surface area (Å²) >= 11 is 0. The summed E-state index contributed by atoms with van der Waals surface area (Å²) in [4.78, 5) is 12.4. The molecule has 2 aromatic rings. The molecule has 6 nitrogen and oxygen atoms in total. The molecule has 3 N–H and O–H groups in total. The minimum atomic E-state index is -3.74. The molecule has 0 spiro atoms. The topological polar surface area (TPSA) is 92.5 Å². The summed E-state index contributed by atoms with van der Waals surface area (Å²) in [7, 11) is -3.74. The number of hydrogen-bond donors (Lipinski definition) is 2. The van der Waals surface area contributed by atoms with Crippen LogP contribution in [0, 0.1) is 0 Å². The van der Waals surface area contributed by atoms with Gasteiger partial charge in [0.25, 0.3) is 15.9 Å². The van der Waals surface area contributed by atoms with E-state index in [1.54, 1.807) is 19.1 Å². The molecule has 0 aliphatic carbocycles. The fourth-order valence-electron chi connectivity index (χ4n) is 3.04. The number of benzene rings is 2. The van der Waals surface area contributed by atoms with Gasteiger partial charge < -0.3 is 11.1 Å². The second kappa shape index (κ2) is 8.73. The van der Waals surface area contributed by atoms with Gasteiger partial charge in [-0.3, -0.25) is 9.10 Å². The van der Waals surface area contributed by atoms with Gasteiger partial charge in [-0.15, -0.1) is 12.4 Å². The summed E-state index contributed by atoms with van der Waals surface area (Å²) in [6, 6.07) is 13.5. The van der Waals surface area contributed by atoms with Crippen molar-refractivity contribution in [2.45, 2.75) is 30.7 Å². The fourth-order valence-corrected chi connectivity index (χ4v) is 4.63. The van der Waals surface area contributed by atoms with Crippen molar-refractivity contribution in [1.29, 1.82) is 0 Å².